The summed E-state index contributed by atoms with van der Waals surface area (Å²) in [4.78, 5) is 23.7. The van der Waals surface area contributed by atoms with Gasteiger partial charge in [0.2, 0.25) is 0 Å². The molecule has 3 aromatic rings. The van der Waals surface area contributed by atoms with E-state index < -0.39 is 5.97 Å². The van der Waals surface area contributed by atoms with E-state index in [1.165, 1.54) is 7.11 Å². The molecule has 0 amide bonds. The third-order valence-corrected chi connectivity index (χ3v) is 4.95. The molecule has 1 fully saturated rings. The second-order valence-electron chi connectivity index (χ2n) is 7.09. The monoisotopic (exact) mass is 408 g/mol. The van der Waals surface area contributed by atoms with Crippen molar-refractivity contribution >= 4 is 34.4 Å². The van der Waals surface area contributed by atoms with Crippen molar-refractivity contribution in [3.05, 3.63) is 47.8 Å². The zero-order valence-corrected chi connectivity index (χ0v) is 17.3. The molecule has 0 radical (unpaired) electrons. The molecule has 1 N–H and O–H groups in total. The van der Waals surface area contributed by atoms with Crippen molar-refractivity contribution in [2.45, 2.75) is 6.92 Å². The number of aryl methyl sites for hydroxylation is 2. The van der Waals surface area contributed by atoms with Crippen LogP contribution in [0.4, 0.5) is 11.5 Å². The summed E-state index contributed by atoms with van der Waals surface area (Å²) in [6, 6.07) is 9.43. The van der Waals surface area contributed by atoms with Gasteiger partial charge in [-0.2, -0.15) is 5.10 Å². The van der Waals surface area contributed by atoms with Gasteiger partial charge in [0.15, 0.2) is 17.2 Å². The van der Waals surface area contributed by atoms with Crippen LogP contribution in [-0.2, 0) is 21.3 Å². The number of nitrogens with one attached hydrogen (secondary N) is 1. The number of rotatable bonds is 5. The lowest BCUT2D eigenvalue weighted by molar-refractivity contribution is -0.132. The number of nitrogens with zero attached hydrogens (tertiary/aromatic N) is 5. The van der Waals surface area contributed by atoms with Crippen LogP contribution in [0.25, 0.3) is 11.2 Å². The van der Waals surface area contributed by atoms with Crippen molar-refractivity contribution in [2.75, 3.05) is 43.7 Å². The van der Waals surface area contributed by atoms with Gasteiger partial charge in [-0.15, -0.1) is 0 Å². The number of carbonyl (C=O) groups excluding carboxylic acids is 1. The highest BCUT2D eigenvalue weighted by molar-refractivity contribution is 6.43. The van der Waals surface area contributed by atoms with Crippen molar-refractivity contribution in [3.63, 3.8) is 0 Å². The normalized spacial score (nSPS) is 14.8. The minimum atomic E-state index is -0.525. The Hall–Kier alpha value is -3.46. The van der Waals surface area contributed by atoms with Crippen LogP contribution in [0.5, 0.6) is 0 Å². The molecule has 0 unspecified atom stereocenters. The molecule has 4 rings (SSSR count). The minimum Gasteiger partial charge on any atom is -0.464 e. The molecule has 9 nitrogen and oxygen atoms in total. The number of methoxy groups -OCH3 is 1. The number of carbonyl (C=O) groups is 1. The number of morpholine rings is 1. The average molecular weight is 408 g/mol. The lowest BCUT2D eigenvalue weighted by atomic mass is 10.1. The molecule has 9 heteroatoms. The van der Waals surface area contributed by atoms with E-state index in [0.717, 1.165) is 35.5 Å². The lowest BCUT2D eigenvalue weighted by Gasteiger charge is -2.29. The predicted octanol–water partition coefficient (Wildman–Crippen LogP) is 2.10. The molecule has 2 aromatic heterocycles. The summed E-state index contributed by atoms with van der Waals surface area (Å²) in [5.74, 6) is -0.00948. The quantitative estimate of drug-likeness (QED) is 0.392. The van der Waals surface area contributed by atoms with Crippen LogP contribution in [0.15, 0.2) is 41.8 Å². The second kappa shape index (κ2) is 8.50. The summed E-state index contributed by atoms with van der Waals surface area (Å²) in [5.41, 5.74) is 7.32. The van der Waals surface area contributed by atoms with Gasteiger partial charge in [0.25, 0.3) is 0 Å². The fourth-order valence-electron chi connectivity index (χ4n) is 3.41. The first-order chi connectivity index (χ1) is 14.6. The fourth-order valence-corrected chi connectivity index (χ4v) is 3.41. The Morgan fingerprint density at radius 1 is 1.27 bits per heavy atom. The number of hydrogen-bond acceptors (Lipinski definition) is 8. The Bertz CT molecular complexity index is 1100. The van der Waals surface area contributed by atoms with Crippen LogP contribution in [0, 0.1) is 6.92 Å². The van der Waals surface area contributed by atoms with E-state index in [4.69, 9.17) is 9.47 Å². The van der Waals surface area contributed by atoms with E-state index in [9.17, 15) is 4.79 Å². The van der Waals surface area contributed by atoms with E-state index in [1.807, 2.05) is 48.9 Å². The highest BCUT2D eigenvalue weighted by Gasteiger charge is 2.19. The average Bonchev–Trinajstić information content (AvgIpc) is 3.14. The standard InChI is InChI=1S/C21H24N6O3/c1-14-5-4-6-15(11-14)18(21(28)29-3)25-24-17-12-16(27-7-9-30-10-8-27)19-20(23-17)26(2)13-22-19/h4-6,11-13H,7-10H2,1-3H3,(H,23,24)/b25-18-. The first-order valence-corrected chi connectivity index (χ1v) is 9.70. The highest BCUT2D eigenvalue weighted by Crippen LogP contribution is 2.28. The van der Waals surface area contributed by atoms with Crippen LogP contribution in [0.2, 0.25) is 0 Å². The van der Waals surface area contributed by atoms with Crippen LogP contribution < -0.4 is 10.3 Å². The molecule has 30 heavy (non-hydrogen) atoms. The first-order valence-electron chi connectivity index (χ1n) is 9.70. The maximum Gasteiger partial charge on any atom is 0.359 e. The van der Waals surface area contributed by atoms with Gasteiger partial charge in [-0.3, -0.25) is 5.43 Å². The Kier molecular flexibility index (Phi) is 5.62. The van der Waals surface area contributed by atoms with Gasteiger partial charge in [-0.25, -0.2) is 14.8 Å². The van der Waals surface area contributed by atoms with E-state index in [1.54, 1.807) is 6.33 Å². The van der Waals surface area contributed by atoms with E-state index in [2.05, 4.69) is 25.4 Å². The van der Waals surface area contributed by atoms with Gasteiger partial charge in [-0.1, -0.05) is 23.8 Å². The predicted molar refractivity (Wildman–Crippen MR) is 115 cm³/mol. The number of pyridine rings is 1. The molecule has 0 saturated carbocycles. The molecular weight excluding hydrogens is 384 g/mol. The number of hydrogen-bond donors (Lipinski definition) is 1. The maximum atomic E-state index is 12.3. The van der Waals surface area contributed by atoms with Crippen molar-refractivity contribution in [2.24, 2.45) is 12.1 Å². The van der Waals surface area contributed by atoms with Gasteiger partial charge >= 0.3 is 5.97 Å². The van der Waals surface area contributed by atoms with Gasteiger partial charge in [-0.05, 0) is 13.0 Å². The summed E-state index contributed by atoms with van der Waals surface area (Å²) < 4.78 is 12.3. The number of anilines is 2. The topological polar surface area (TPSA) is 93.9 Å². The smallest absolute Gasteiger partial charge is 0.359 e. The Labute approximate surface area is 174 Å². The number of fused-ring (bicyclic) bond motifs is 1. The number of esters is 1. The zero-order valence-electron chi connectivity index (χ0n) is 17.3. The summed E-state index contributed by atoms with van der Waals surface area (Å²) in [6.07, 6.45) is 1.74. The molecule has 0 aliphatic carbocycles. The van der Waals surface area contributed by atoms with E-state index in [-0.39, 0.29) is 5.71 Å². The molecule has 156 valence electrons. The number of aromatic nitrogens is 3. The second-order valence-corrected chi connectivity index (χ2v) is 7.09. The Morgan fingerprint density at radius 3 is 2.80 bits per heavy atom. The summed E-state index contributed by atoms with van der Waals surface area (Å²) >= 11 is 0. The first kappa shape index (κ1) is 19.8. The van der Waals surface area contributed by atoms with Crippen LogP contribution in [-0.4, -0.2) is 59.6 Å². The zero-order chi connectivity index (χ0) is 21.1. The van der Waals surface area contributed by atoms with Crippen molar-refractivity contribution in [1.29, 1.82) is 0 Å². The highest BCUT2D eigenvalue weighted by atomic mass is 16.5. The van der Waals surface area contributed by atoms with Gasteiger partial charge in [0.1, 0.15) is 5.52 Å². The molecule has 0 spiro atoms. The lowest BCUT2D eigenvalue weighted by Crippen LogP contribution is -2.36. The molecule has 0 bridgehead atoms. The largest absolute Gasteiger partial charge is 0.464 e. The molecule has 1 saturated heterocycles. The molecule has 0 atom stereocenters. The van der Waals surface area contributed by atoms with Crippen molar-refractivity contribution in [1.82, 2.24) is 14.5 Å². The number of hydrazone groups is 1. The van der Waals surface area contributed by atoms with Gasteiger partial charge in [0.05, 0.1) is 32.3 Å². The molecule has 1 aromatic carbocycles. The Morgan fingerprint density at radius 2 is 2.07 bits per heavy atom. The minimum absolute atomic E-state index is 0.182. The maximum absolute atomic E-state index is 12.3. The summed E-state index contributed by atoms with van der Waals surface area (Å²) in [6.45, 7) is 4.83. The third kappa shape index (κ3) is 3.97. The molecule has 1 aliphatic rings. The van der Waals surface area contributed by atoms with Crippen LogP contribution in [0.1, 0.15) is 11.1 Å². The number of ether oxygens (including phenoxy) is 2. The molecule has 3 heterocycles. The summed E-state index contributed by atoms with van der Waals surface area (Å²) in [7, 11) is 3.23. The number of benzene rings is 1. The van der Waals surface area contributed by atoms with Gasteiger partial charge < -0.3 is 18.9 Å². The SMILES string of the molecule is COC(=O)/C(=N\Nc1cc(N2CCOCC2)c2ncn(C)c2n1)c1cccc(C)c1. The molecular formula is C21H24N6O3. The summed E-state index contributed by atoms with van der Waals surface area (Å²) in [5, 5.41) is 4.34. The van der Waals surface area contributed by atoms with E-state index >= 15 is 0 Å². The van der Waals surface area contributed by atoms with Crippen molar-refractivity contribution < 1.29 is 14.3 Å². The third-order valence-electron chi connectivity index (χ3n) is 4.95. The fraction of sp³-hybridized carbons (Fsp3) is 0.333. The van der Waals surface area contributed by atoms with Crippen LogP contribution >= 0.6 is 0 Å². The van der Waals surface area contributed by atoms with Crippen molar-refractivity contribution in [3.8, 4) is 0 Å². The van der Waals surface area contributed by atoms with E-state index in [0.29, 0.717) is 24.6 Å². The van der Waals surface area contributed by atoms with Crippen LogP contribution in [0.3, 0.4) is 0 Å². The number of imidazole rings is 1. The Balaban J connectivity index is 1.73. The molecule has 1 aliphatic heterocycles. The van der Waals surface area contributed by atoms with Gasteiger partial charge in [0, 0.05) is 31.8 Å².